The quantitative estimate of drug-likeness (QED) is 0.501. The Kier molecular flexibility index (Phi) is 9.77. The minimum absolute atomic E-state index is 0.0154. The SMILES string of the molecule is COC(=O)[C@@H](C/C=C/c1ccccc1)NC(=O)[C@H](CO)NC(=O)OCc1ccccc1. The van der Waals surface area contributed by atoms with Crippen molar-refractivity contribution in [3.63, 3.8) is 0 Å². The van der Waals surface area contributed by atoms with Crippen LogP contribution in [0.4, 0.5) is 4.79 Å². The molecule has 0 radical (unpaired) electrons. The lowest BCUT2D eigenvalue weighted by Crippen LogP contribution is -2.53. The highest BCUT2D eigenvalue weighted by Crippen LogP contribution is 2.05. The molecule has 2 amide bonds. The summed E-state index contributed by atoms with van der Waals surface area (Å²) < 4.78 is 9.79. The number of nitrogens with one attached hydrogen (secondary N) is 2. The summed E-state index contributed by atoms with van der Waals surface area (Å²) in [5.74, 6) is -1.38. The van der Waals surface area contributed by atoms with E-state index in [0.29, 0.717) is 0 Å². The number of rotatable bonds is 10. The predicted molar refractivity (Wildman–Crippen MR) is 115 cm³/mol. The molecule has 0 fully saturated rings. The minimum atomic E-state index is -1.28. The average Bonchev–Trinajstić information content (AvgIpc) is 2.81. The molecule has 2 rings (SSSR count). The fourth-order valence-electron chi connectivity index (χ4n) is 2.63. The molecule has 0 aromatic heterocycles. The van der Waals surface area contributed by atoms with Crippen molar-refractivity contribution in [2.24, 2.45) is 0 Å². The van der Waals surface area contributed by atoms with E-state index in [1.54, 1.807) is 30.3 Å². The molecule has 8 nitrogen and oxygen atoms in total. The van der Waals surface area contributed by atoms with Gasteiger partial charge in [-0.2, -0.15) is 0 Å². The first-order chi connectivity index (χ1) is 15.0. The van der Waals surface area contributed by atoms with Gasteiger partial charge in [0.2, 0.25) is 5.91 Å². The number of aliphatic hydroxyl groups is 1. The monoisotopic (exact) mass is 426 g/mol. The van der Waals surface area contributed by atoms with Crippen LogP contribution in [0.3, 0.4) is 0 Å². The second-order valence-corrected chi connectivity index (χ2v) is 6.57. The predicted octanol–water partition coefficient (Wildman–Crippen LogP) is 2.03. The number of amides is 2. The average molecular weight is 426 g/mol. The molecular weight excluding hydrogens is 400 g/mol. The van der Waals surface area contributed by atoms with Crippen LogP contribution in [-0.4, -0.2) is 48.9 Å². The summed E-state index contributed by atoms with van der Waals surface area (Å²) in [6.07, 6.45) is 2.85. The van der Waals surface area contributed by atoms with Gasteiger partial charge in [0.1, 0.15) is 18.7 Å². The molecule has 164 valence electrons. The van der Waals surface area contributed by atoms with E-state index >= 15 is 0 Å². The number of alkyl carbamates (subject to hydrolysis) is 1. The van der Waals surface area contributed by atoms with Gasteiger partial charge in [-0.1, -0.05) is 72.8 Å². The Bertz CT molecular complexity index is 870. The first-order valence-corrected chi connectivity index (χ1v) is 9.71. The normalized spacial score (nSPS) is 12.6. The Morgan fingerprint density at radius 2 is 1.61 bits per heavy atom. The fourth-order valence-corrected chi connectivity index (χ4v) is 2.63. The van der Waals surface area contributed by atoms with Crippen LogP contribution in [0.1, 0.15) is 17.5 Å². The Morgan fingerprint density at radius 1 is 0.968 bits per heavy atom. The van der Waals surface area contributed by atoms with Gasteiger partial charge in [-0.05, 0) is 17.5 Å². The lowest BCUT2D eigenvalue weighted by Gasteiger charge is -2.20. The van der Waals surface area contributed by atoms with Gasteiger partial charge in [-0.15, -0.1) is 0 Å². The summed E-state index contributed by atoms with van der Waals surface area (Å²) in [7, 11) is 1.21. The van der Waals surface area contributed by atoms with E-state index in [2.05, 4.69) is 10.6 Å². The van der Waals surface area contributed by atoms with Crippen LogP contribution in [0.15, 0.2) is 66.7 Å². The minimum Gasteiger partial charge on any atom is -0.467 e. The third-order valence-electron chi connectivity index (χ3n) is 4.29. The zero-order valence-electron chi connectivity index (χ0n) is 17.2. The number of methoxy groups -OCH3 is 1. The molecule has 2 atom stereocenters. The number of carbonyl (C=O) groups excluding carboxylic acids is 3. The van der Waals surface area contributed by atoms with Crippen molar-refractivity contribution in [2.75, 3.05) is 13.7 Å². The van der Waals surface area contributed by atoms with Crippen molar-refractivity contribution < 1.29 is 29.0 Å². The maximum atomic E-state index is 12.5. The van der Waals surface area contributed by atoms with E-state index < -0.39 is 36.7 Å². The van der Waals surface area contributed by atoms with Crippen molar-refractivity contribution in [1.82, 2.24) is 10.6 Å². The number of benzene rings is 2. The van der Waals surface area contributed by atoms with E-state index in [9.17, 15) is 19.5 Å². The molecule has 8 heteroatoms. The standard InChI is InChI=1S/C23H26N2O6/c1-30-22(28)19(14-8-13-17-9-4-2-5-10-17)24-21(27)20(15-26)25-23(29)31-16-18-11-6-3-7-12-18/h2-13,19-20,26H,14-16H2,1H3,(H,24,27)(H,25,29)/b13-8+/t19-,20+/m1/s1. The zero-order valence-corrected chi connectivity index (χ0v) is 17.2. The number of esters is 1. The molecule has 3 N–H and O–H groups in total. The molecule has 2 aromatic carbocycles. The third-order valence-corrected chi connectivity index (χ3v) is 4.29. The summed E-state index contributed by atoms with van der Waals surface area (Å²) in [5.41, 5.74) is 1.71. The molecule has 2 aromatic rings. The molecule has 0 spiro atoms. The number of hydrogen-bond acceptors (Lipinski definition) is 6. The van der Waals surface area contributed by atoms with E-state index in [1.165, 1.54) is 7.11 Å². The van der Waals surface area contributed by atoms with Gasteiger partial charge in [-0.25, -0.2) is 9.59 Å². The van der Waals surface area contributed by atoms with Gasteiger partial charge < -0.3 is 25.2 Å². The lowest BCUT2D eigenvalue weighted by molar-refractivity contribution is -0.145. The summed E-state index contributed by atoms with van der Waals surface area (Å²) in [5, 5.41) is 14.3. The van der Waals surface area contributed by atoms with Crippen LogP contribution in [0.5, 0.6) is 0 Å². The van der Waals surface area contributed by atoms with Crippen molar-refractivity contribution in [3.05, 3.63) is 77.9 Å². The first-order valence-electron chi connectivity index (χ1n) is 9.71. The number of aliphatic hydroxyl groups excluding tert-OH is 1. The van der Waals surface area contributed by atoms with Gasteiger partial charge in [-0.3, -0.25) is 4.79 Å². The highest BCUT2D eigenvalue weighted by Gasteiger charge is 2.26. The van der Waals surface area contributed by atoms with Crippen LogP contribution in [0, 0.1) is 0 Å². The van der Waals surface area contributed by atoms with E-state index in [0.717, 1.165) is 11.1 Å². The van der Waals surface area contributed by atoms with Crippen LogP contribution in [0.2, 0.25) is 0 Å². The largest absolute Gasteiger partial charge is 0.467 e. The molecule has 0 aliphatic heterocycles. The first kappa shape index (κ1) is 23.6. The number of carbonyl (C=O) groups is 3. The molecule has 0 aliphatic rings. The second kappa shape index (κ2) is 12.8. The fraction of sp³-hybridized carbons (Fsp3) is 0.261. The smallest absolute Gasteiger partial charge is 0.408 e. The van der Waals surface area contributed by atoms with Crippen molar-refractivity contribution in [3.8, 4) is 0 Å². The maximum Gasteiger partial charge on any atom is 0.408 e. The molecule has 0 bridgehead atoms. The van der Waals surface area contributed by atoms with Crippen LogP contribution < -0.4 is 10.6 Å². The highest BCUT2D eigenvalue weighted by molar-refractivity contribution is 5.89. The van der Waals surface area contributed by atoms with Gasteiger partial charge >= 0.3 is 12.1 Å². The van der Waals surface area contributed by atoms with Crippen LogP contribution >= 0.6 is 0 Å². The number of ether oxygens (including phenoxy) is 2. The molecule has 31 heavy (non-hydrogen) atoms. The van der Waals surface area contributed by atoms with Gasteiger partial charge in [0.05, 0.1) is 13.7 Å². The molecule has 0 unspecified atom stereocenters. The van der Waals surface area contributed by atoms with Crippen molar-refractivity contribution in [1.29, 1.82) is 0 Å². The second-order valence-electron chi connectivity index (χ2n) is 6.57. The number of hydrogen-bond donors (Lipinski definition) is 3. The summed E-state index contributed by atoms with van der Waals surface area (Å²) >= 11 is 0. The lowest BCUT2D eigenvalue weighted by atomic mass is 10.1. The molecule has 0 saturated carbocycles. The molecule has 0 heterocycles. The van der Waals surface area contributed by atoms with E-state index in [-0.39, 0.29) is 13.0 Å². The van der Waals surface area contributed by atoms with Gasteiger partial charge in [0, 0.05) is 0 Å². The summed E-state index contributed by atoms with van der Waals surface area (Å²) in [6.45, 7) is -0.651. The van der Waals surface area contributed by atoms with Crippen LogP contribution in [-0.2, 0) is 25.7 Å². The Morgan fingerprint density at radius 3 is 2.23 bits per heavy atom. The molecular formula is C23H26N2O6. The van der Waals surface area contributed by atoms with Crippen molar-refractivity contribution >= 4 is 24.0 Å². The van der Waals surface area contributed by atoms with Gasteiger partial charge in [0.15, 0.2) is 0 Å². The van der Waals surface area contributed by atoms with Crippen LogP contribution in [0.25, 0.3) is 6.08 Å². The third kappa shape index (κ3) is 8.31. The van der Waals surface area contributed by atoms with Crippen molar-refractivity contribution in [2.45, 2.75) is 25.1 Å². The van der Waals surface area contributed by atoms with Gasteiger partial charge in [0.25, 0.3) is 0 Å². The van der Waals surface area contributed by atoms with E-state index in [4.69, 9.17) is 9.47 Å². The van der Waals surface area contributed by atoms with E-state index in [1.807, 2.05) is 42.5 Å². The summed E-state index contributed by atoms with van der Waals surface area (Å²) in [6, 6.07) is 16.2. The zero-order chi connectivity index (χ0) is 22.5. The Labute approximate surface area is 180 Å². The topological polar surface area (TPSA) is 114 Å². The Balaban J connectivity index is 1.90. The molecule has 0 saturated heterocycles. The molecule has 0 aliphatic carbocycles. The Hall–Kier alpha value is -3.65. The highest BCUT2D eigenvalue weighted by atomic mass is 16.5. The summed E-state index contributed by atoms with van der Waals surface area (Å²) in [4.78, 5) is 36.5. The maximum absolute atomic E-state index is 12.5.